The Balaban J connectivity index is 2.10. The zero-order valence-corrected chi connectivity index (χ0v) is 11.0. The second kappa shape index (κ2) is 6.25. The highest BCUT2D eigenvalue weighted by molar-refractivity contribution is 5.81. The molecule has 0 saturated heterocycles. The third-order valence-corrected chi connectivity index (χ3v) is 2.68. The van der Waals surface area contributed by atoms with E-state index >= 15 is 0 Å². The van der Waals surface area contributed by atoms with Crippen LogP contribution in [0.5, 0.6) is 0 Å². The largest absolute Gasteiger partial charge is 0.416 e. The van der Waals surface area contributed by atoms with Gasteiger partial charge in [-0.15, -0.1) is 0 Å². The first-order valence-corrected chi connectivity index (χ1v) is 6.07. The number of anilines is 1. The minimum atomic E-state index is -4.43. The highest BCUT2D eigenvalue weighted by atomic mass is 19.4. The van der Waals surface area contributed by atoms with Crippen molar-refractivity contribution < 1.29 is 18.1 Å². The lowest BCUT2D eigenvalue weighted by Gasteiger charge is -2.07. The van der Waals surface area contributed by atoms with Crippen LogP contribution in [0.2, 0.25) is 0 Å². The summed E-state index contributed by atoms with van der Waals surface area (Å²) in [6, 6.07) is 10.3. The normalized spacial score (nSPS) is 11.6. The van der Waals surface area contributed by atoms with Crippen LogP contribution in [-0.2, 0) is 6.18 Å². The third kappa shape index (κ3) is 4.05. The fourth-order valence-corrected chi connectivity index (χ4v) is 1.67. The Kier molecular flexibility index (Phi) is 4.40. The molecule has 0 saturated carbocycles. The van der Waals surface area contributed by atoms with Crippen molar-refractivity contribution in [3.63, 3.8) is 0 Å². The maximum absolute atomic E-state index is 12.5. The fourth-order valence-electron chi connectivity index (χ4n) is 1.67. The third-order valence-electron chi connectivity index (χ3n) is 2.68. The second-order valence-corrected chi connectivity index (χ2v) is 4.30. The number of nitrogens with zero attached hydrogens (tertiary/aromatic N) is 2. The molecular weight excluding hydrogens is 299 g/mol. The number of halogens is 3. The molecule has 0 atom stereocenters. The zero-order chi connectivity index (χ0) is 16.2. The van der Waals surface area contributed by atoms with Gasteiger partial charge < -0.3 is 0 Å². The minimum Gasteiger partial charge on any atom is -0.278 e. The van der Waals surface area contributed by atoms with E-state index in [0.29, 0.717) is 5.56 Å². The monoisotopic (exact) mass is 309 g/mol. The highest BCUT2D eigenvalue weighted by Gasteiger charge is 2.30. The molecule has 114 valence electrons. The van der Waals surface area contributed by atoms with Gasteiger partial charge in [0.1, 0.15) is 0 Å². The van der Waals surface area contributed by atoms with Crippen LogP contribution in [0, 0.1) is 10.1 Å². The molecule has 22 heavy (non-hydrogen) atoms. The number of nitro benzene ring substituents is 1. The van der Waals surface area contributed by atoms with Crippen molar-refractivity contribution >= 4 is 17.6 Å². The molecule has 1 N–H and O–H groups in total. The highest BCUT2D eigenvalue weighted by Crippen LogP contribution is 2.30. The Bertz CT molecular complexity index is 714. The maximum Gasteiger partial charge on any atom is 0.416 e. The molecule has 0 unspecified atom stereocenters. The molecule has 2 aromatic rings. The van der Waals surface area contributed by atoms with Gasteiger partial charge in [-0.3, -0.25) is 15.5 Å². The van der Waals surface area contributed by atoms with Gasteiger partial charge in [-0.05, 0) is 18.2 Å². The van der Waals surface area contributed by atoms with Crippen LogP contribution in [0.3, 0.4) is 0 Å². The van der Waals surface area contributed by atoms with Gasteiger partial charge in [-0.2, -0.15) is 18.3 Å². The number of benzene rings is 2. The van der Waals surface area contributed by atoms with E-state index in [4.69, 9.17) is 0 Å². The summed E-state index contributed by atoms with van der Waals surface area (Å²) < 4.78 is 37.6. The lowest BCUT2D eigenvalue weighted by Crippen LogP contribution is -2.05. The van der Waals surface area contributed by atoms with Crippen LogP contribution in [0.4, 0.5) is 24.5 Å². The van der Waals surface area contributed by atoms with Gasteiger partial charge in [-0.25, -0.2) is 0 Å². The van der Waals surface area contributed by atoms with Gasteiger partial charge in [0.05, 0.1) is 22.4 Å². The van der Waals surface area contributed by atoms with Crippen LogP contribution in [0.1, 0.15) is 11.1 Å². The first kappa shape index (κ1) is 15.5. The molecule has 0 spiro atoms. The van der Waals surface area contributed by atoms with E-state index in [1.165, 1.54) is 36.5 Å². The Morgan fingerprint density at radius 3 is 2.55 bits per heavy atom. The van der Waals surface area contributed by atoms with Crippen molar-refractivity contribution in [2.45, 2.75) is 6.18 Å². The molecule has 8 heteroatoms. The van der Waals surface area contributed by atoms with Gasteiger partial charge in [0.2, 0.25) is 0 Å². The van der Waals surface area contributed by atoms with E-state index in [1.54, 1.807) is 6.07 Å². The van der Waals surface area contributed by atoms with Gasteiger partial charge in [0.15, 0.2) is 0 Å². The van der Waals surface area contributed by atoms with Crippen molar-refractivity contribution in [3.05, 3.63) is 69.8 Å². The van der Waals surface area contributed by atoms with Crippen LogP contribution in [0.15, 0.2) is 53.6 Å². The molecule has 0 aliphatic rings. The molecule has 0 aliphatic heterocycles. The molecular formula is C14H10F3N3O2. The standard InChI is InChI=1S/C14H10F3N3O2/c15-14(16,17)11-4-2-5-12(8-11)19-18-9-10-3-1-6-13(7-10)20(21)22/h1-9,19H. The van der Waals surface area contributed by atoms with E-state index in [2.05, 4.69) is 10.5 Å². The second-order valence-electron chi connectivity index (χ2n) is 4.30. The first-order chi connectivity index (χ1) is 10.4. The number of hydrogen-bond donors (Lipinski definition) is 1. The van der Waals surface area contributed by atoms with Crippen molar-refractivity contribution in [3.8, 4) is 0 Å². The Morgan fingerprint density at radius 1 is 1.14 bits per heavy atom. The molecule has 0 fully saturated rings. The van der Waals surface area contributed by atoms with Gasteiger partial charge in [0.25, 0.3) is 5.69 Å². The molecule has 0 aliphatic carbocycles. The lowest BCUT2D eigenvalue weighted by molar-refractivity contribution is -0.384. The average molecular weight is 309 g/mol. The topological polar surface area (TPSA) is 67.5 Å². The Labute approximate surface area is 123 Å². The quantitative estimate of drug-likeness (QED) is 0.526. The summed E-state index contributed by atoms with van der Waals surface area (Å²) in [7, 11) is 0. The average Bonchev–Trinajstić information content (AvgIpc) is 2.47. The number of alkyl halides is 3. The van der Waals surface area contributed by atoms with E-state index in [1.807, 2.05) is 0 Å². The lowest BCUT2D eigenvalue weighted by atomic mass is 10.2. The number of nitrogens with one attached hydrogen (secondary N) is 1. The Hall–Kier alpha value is -2.90. The van der Waals surface area contributed by atoms with Crippen molar-refractivity contribution in [2.75, 3.05) is 5.43 Å². The van der Waals surface area contributed by atoms with Gasteiger partial charge in [-0.1, -0.05) is 18.2 Å². The van der Waals surface area contributed by atoms with Crippen LogP contribution < -0.4 is 5.43 Å². The minimum absolute atomic E-state index is 0.0944. The molecule has 0 bridgehead atoms. The summed E-state index contributed by atoms with van der Waals surface area (Å²) in [6.07, 6.45) is -3.14. The van der Waals surface area contributed by atoms with Crippen molar-refractivity contribution in [2.24, 2.45) is 5.10 Å². The van der Waals surface area contributed by atoms with Crippen molar-refractivity contribution in [1.29, 1.82) is 0 Å². The van der Waals surface area contributed by atoms with Crippen molar-refractivity contribution in [1.82, 2.24) is 0 Å². The molecule has 2 rings (SSSR count). The molecule has 5 nitrogen and oxygen atoms in total. The van der Waals surface area contributed by atoms with Crippen LogP contribution in [0.25, 0.3) is 0 Å². The predicted octanol–water partition coefficient (Wildman–Crippen LogP) is 4.06. The van der Waals surface area contributed by atoms with Gasteiger partial charge >= 0.3 is 6.18 Å². The molecule has 0 aromatic heterocycles. The molecule has 2 aromatic carbocycles. The van der Waals surface area contributed by atoms with E-state index < -0.39 is 16.7 Å². The molecule has 0 heterocycles. The van der Waals surface area contributed by atoms with Crippen LogP contribution >= 0.6 is 0 Å². The fraction of sp³-hybridized carbons (Fsp3) is 0.0714. The number of hydrazone groups is 1. The summed E-state index contributed by atoms with van der Waals surface area (Å²) in [5.74, 6) is 0. The first-order valence-electron chi connectivity index (χ1n) is 6.07. The summed E-state index contributed by atoms with van der Waals surface area (Å²) in [4.78, 5) is 10.1. The van der Waals surface area contributed by atoms with E-state index in [9.17, 15) is 23.3 Å². The van der Waals surface area contributed by atoms with E-state index in [-0.39, 0.29) is 11.4 Å². The molecule has 0 radical (unpaired) electrons. The summed E-state index contributed by atoms with van der Waals surface area (Å²) in [6.45, 7) is 0. The maximum atomic E-state index is 12.5. The van der Waals surface area contributed by atoms with Gasteiger partial charge in [0, 0.05) is 17.7 Å². The Morgan fingerprint density at radius 2 is 1.86 bits per heavy atom. The van der Waals surface area contributed by atoms with E-state index in [0.717, 1.165) is 12.1 Å². The zero-order valence-electron chi connectivity index (χ0n) is 11.0. The summed E-state index contributed by atoms with van der Waals surface area (Å²) in [5, 5.41) is 14.4. The number of hydrogen-bond acceptors (Lipinski definition) is 4. The smallest absolute Gasteiger partial charge is 0.278 e. The van der Waals surface area contributed by atoms with Crippen LogP contribution in [-0.4, -0.2) is 11.1 Å². The predicted molar refractivity (Wildman–Crippen MR) is 75.8 cm³/mol. The summed E-state index contributed by atoms with van der Waals surface area (Å²) in [5.41, 5.74) is 2.19. The molecule has 0 amide bonds. The number of non-ortho nitro benzene ring substituents is 1. The number of rotatable bonds is 4. The summed E-state index contributed by atoms with van der Waals surface area (Å²) >= 11 is 0. The number of nitro groups is 1. The SMILES string of the molecule is O=[N+]([O-])c1cccc(C=NNc2cccc(C(F)(F)F)c2)c1.